The second-order valence-corrected chi connectivity index (χ2v) is 4.84. The van der Waals surface area contributed by atoms with E-state index in [9.17, 15) is 0 Å². The van der Waals surface area contributed by atoms with Gasteiger partial charge in [-0.05, 0) is 18.6 Å². The number of nitrogens with zero attached hydrogens (tertiary/aromatic N) is 3. The molecule has 100 valence electrons. The van der Waals surface area contributed by atoms with Gasteiger partial charge in [-0.15, -0.1) is 0 Å². The molecule has 1 aliphatic rings. The van der Waals surface area contributed by atoms with E-state index in [2.05, 4.69) is 10.1 Å². The van der Waals surface area contributed by atoms with Crippen molar-refractivity contribution in [2.75, 3.05) is 13.2 Å². The van der Waals surface area contributed by atoms with Gasteiger partial charge < -0.3 is 9.47 Å². The van der Waals surface area contributed by atoms with Gasteiger partial charge in [-0.25, -0.2) is 9.67 Å². The lowest BCUT2D eigenvalue weighted by Gasteiger charge is -2.37. The highest BCUT2D eigenvalue weighted by Gasteiger charge is 2.37. The van der Waals surface area contributed by atoms with Crippen molar-refractivity contribution in [1.82, 2.24) is 14.8 Å². The van der Waals surface area contributed by atoms with Crippen molar-refractivity contribution in [1.29, 1.82) is 0 Å². The third kappa shape index (κ3) is 2.63. The highest BCUT2D eigenvalue weighted by molar-refractivity contribution is 6.30. The molecule has 2 aromatic rings. The van der Waals surface area contributed by atoms with Crippen LogP contribution in [-0.2, 0) is 21.8 Å². The first-order valence-electron chi connectivity index (χ1n) is 6.15. The number of rotatable bonds is 3. The molecule has 1 aliphatic heterocycles. The van der Waals surface area contributed by atoms with Gasteiger partial charge in [0.25, 0.3) is 0 Å². The molecule has 1 aromatic carbocycles. The monoisotopic (exact) mass is 279 g/mol. The first-order chi connectivity index (χ1) is 9.28. The van der Waals surface area contributed by atoms with Crippen LogP contribution < -0.4 is 0 Å². The van der Waals surface area contributed by atoms with E-state index < -0.39 is 5.79 Å². The summed E-state index contributed by atoms with van der Waals surface area (Å²) in [5.74, 6) is -0.809. The minimum Gasteiger partial charge on any atom is -0.344 e. The average molecular weight is 280 g/mol. The van der Waals surface area contributed by atoms with Crippen molar-refractivity contribution in [2.24, 2.45) is 0 Å². The van der Waals surface area contributed by atoms with E-state index in [-0.39, 0.29) is 0 Å². The Labute approximate surface area is 116 Å². The molecule has 0 spiro atoms. The molecule has 0 unspecified atom stereocenters. The molecule has 2 heterocycles. The van der Waals surface area contributed by atoms with Crippen LogP contribution in [0, 0.1) is 0 Å². The van der Waals surface area contributed by atoms with Crippen LogP contribution in [0.5, 0.6) is 0 Å². The van der Waals surface area contributed by atoms with Crippen LogP contribution in [0.4, 0.5) is 0 Å². The highest BCUT2D eigenvalue weighted by Crippen LogP contribution is 2.33. The molecule has 0 N–H and O–H groups in total. The van der Waals surface area contributed by atoms with Crippen molar-refractivity contribution >= 4 is 11.6 Å². The first-order valence-corrected chi connectivity index (χ1v) is 6.53. The summed E-state index contributed by atoms with van der Waals surface area (Å²) in [5, 5.41) is 4.81. The van der Waals surface area contributed by atoms with Crippen LogP contribution in [0.3, 0.4) is 0 Å². The summed E-state index contributed by atoms with van der Waals surface area (Å²) in [6.45, 7) is 1.79. The van der Waals surface area contributed by atoms with Gasteiger partial charge in [0, 0.05) is 10.6 Å². The van der Waals surface area contributed by atoms with Crippen LogP contribution in [0.15, 0.2) is 36.9 Å². The number of halogens is 1. The minimum atomic E-state index is -0.809. The van der Waals surface area contributed by atoms with Gasteiger partial charge in [0.1, 0.15) is 19.2 Å². The van der Waals surface area contributed by atoms with Crippen molar-refractivity contribution in [3.05, 3.63) is 47.5 Å². The Morgan fingerprint density at radius 1 is 1.21 bits per heavy atom. The third-order valence-corrected chi connectivity index (χ3v) is 3.33. The molecule has 5 nitrogen and oxygen atoms in total. The summed E-state index contributed by atoms with van der Waals surface area (Å²) >= 11 is 5.93. The second-order valence-electron chi connectivity index (χ2n) is 4.40. The van der Waals surface area contributed by atoms with Gasteiger partial charge >= 0.3 is 0 Å². The third-order valence-electron chi connectivity index (χ3n) is 3.08. The normalized spacial score (nSPS) is 18.4. The molecule has 19 heavy (non-hydrogen) atoms. The van der Waals surface area contributed by atoms with E-state index in [1.54, 1.807) is 11.0 Å². The summed E-state index contributed by atoms with van der Waals surface area (Å²) in [5.41, 5.74) is 0.937. The van der Waals surface area contributed by atoms with Gasteiger partial charge in [0.2, 0.25) is 5.79 Å². The molecular formula is C13H14ClN3O2. The fraction of sp³-hybridized carbons (Fsp3) is 0.385. The maximum Gasteiger partial charge on any atom is 0.215 e. The van der Waals surface area contributed by atoms with Crippen molar-refractivity contribution in [3.63, 3.8) is 0 Å². The van der Waals surface area contributed by atoms with Gasteiger partial charge in [0.05, 0.1) is 13.2 Å². The van der Waals surface area contributed by atoms with E-state index >= 15 is 0 Å². The second kappa shape index (κ2) is 5.28. The Morgan fingerprint density at radius 3 is 2.58 bits per heavy atom. The smallest absolute Gasteiger partial charge is 0.215 e. The zero-order chi connectivity index (χ0) is 13.1. The highest BCUT2D eigenvalue weighted by atomic mass is 35.5. The summed E-state index contributed by atoms with van der Waals surface area (Å²) in [7, 11) is 0. The molecule has 6 heteroatoms. The summed E-state index contributed by atoms with van der Waals surface area (Å²) in [6.07, 6.45) is 4.05. The fourth-order valence-corrected chi connectivity index (χ4v) is 2.28. The Morgan fingerprint density at radius 2 is 1.95 bits per heavy atom. The van der Waals surface area contributed by atoms with Crippen LogP contribution in [0.1, 0.15) is 12.0 Å². The Kier molecular flexibility index (Phi) is 3.50. The standard InChI is InChI=1S/C13H14ClN3O2/c14-12-4-2-11(3-5-12)13(18-6-1-7-19-13)8-17-10-15-9-16-17/h2-5,9-10H,1,6-8H2. The van der Waals surface area contributed by atoms with Gasteiger partial charge in [-0.3, -0.25) is 0 Å². The number of ether oxygens (including phenoxy) is 2. The van der Waals surface area contributed by atoms with Crippen LogP contribution in [0.2, 0.25) is 5.02 Å². The predicted molar refractivity (Wildman–Crippen MR) is 69.7 cm³/mol. The fourth-order valence-electron chi connectivity index (χ4n) is 2.16. The Hall–Kier alpha value is -1.43. The summed E-state index contributed by atoms with van der Waals surface area (Å²) < 4.78 is 13.5. The van der Waals surface area contributed by atoms with E-state index in [1.165, 1.54) is 6.33 Å². The van der Waals surface area contributed by atoms with E-state index in [0.717, 1.165) is 12.0 Å². The van der Waals surface area contributed by atoms with Crippen LogP contribution in [-0.4, -0.2) is 28.0 Å². The molecular weight excluding hydrogens is 266 g/mol. The average Bonchev–Trinajstić information content (AvgIpc) is 2.93. The molecule has 1 fully saturated rings. The molecule has 1 aromatic heterocycles. The molecule has 0 saturated carbocycles. The molecule has 3 rings (SSSR count). The number of hydrogen-bond donors (Lipinski definition) is 0. The zero-order valence-electron chi connectivity index (χ0n) is 10.3. The van der Waals surface area contributed by atoms with Gasteiger partial charge in [-0.2, -0.15) is 5.10 Å². The van der Waals surface area contributed by atoms with Crippen molar-refractivity contribution in [3.8, 4) is 0 Å². The molecule has 0 bridgehead atoms. The van der Waals surface area contributed by atoms with E-state index in [0.29, 0.717) is 24.8 Å². The molecule has 0 aliphatic carbocycles. The topological polar surface area (TPSA) is 49.2 Å². The van der Waals surface area contributed by atoms with Crippen molar-refractivity contribution < 1.29 is 9.47 Å². The lowest BCUT2D eigenvalue weighted by atomic mass is 10.0. The van der Waals surface area contributed by atoms with Crippen LogP contribution >= 0.6 is 11.6 Å². The SMILES string of the molecule is Clc1ccc(C2(Cn3cncn3)OCCCO2)cc1. The lowest BCUT2D eigenvalue weighted by molar-refractivity contribution is -0.284. The Bertz CT molecular complexity index is 521. The predicted octanol–water partition coefficient (Wildman–Crippen LogP) is 2.22. The zero-order valence-corrected chi connectivity index (χ0v) is 11.1. The maximum atomic E-state index is 5.93. The van der Waals surface area contributed by atoms with E-state index in [1.807, 2.05) is 24.3 Å². The number of hydrogen-bond acceptors (Lipinski definition) is 4. The number of aromatic nitrogens is 3. The van der Waals surface area contributed by atoms with Gasteiger partial charge in [-0.1, -0.05) is 23.7 Å². The summed E-state index contributed by atoms with van der Waals surface area (Å²) in [6, 6.07) is 7.51. The summed E-state index contributed by atoms with van der Waals surface area (Å²) in [4.78, 5) is 3.95. The molecule has 0 radical (unpaired) electrons. The molecule has 0 atom stereocenters. The maximum absolute atomic E-state index is 5.93. The van der Waals surface area contributed by atoms with Gasteiger partial charge in [0.15, 0.2) is 0 Å². The molecule has 0 amide bonds. The quantitative estimate of drug-likeness (QED) is 0.864. The van der Waals surface area contributed by atoms with Crippen molar-refractivity contribution in [2.45, 2.75) is 18.8 Å². The number of benzene rings is 1. The van der Waals surface area contributed by atoms with Crippen LogP contribution in [0.25, 0.3) is 0 Å². The first kappa shape index (κ1) is 12.6. The molecule has 1 saturated heterocycles. The lowest BCUT2D eigenvalue weighted by Crippen LogP contribution is -2.41. The Balaban J connectivity index is 1.93. The van der Waals surface area contributed by atoms with E-state index in [4.69, 9.17) is 21.1 Å². The largest absolute Gasteiger partial charge is 0.344 e. The minimum absolute atomic E-state index is 0.467.